The summed E-state index contributed by atoms with van der Waals surface area (Å²) in [7, 11) is 1.70. The van der Waals surface area contributed by atoms with Crippen molar-refractivity contribution in [2.45, 2.75) is 50.4 Å². The third kappa shape index (κ3) is 5.30. The van der Waals surface area contributed by atoms with E-state index in [1.165, 1.54) is 0 Å². The number of benzene rings is 1. The number of aliphatic hydroxyl groups excluding tert-OH is 1. The predicted molar refractivity (Wildman–Crippen MR) is 89.7 cm³/mol. The van der Waals surface area contributed by atoms with Crippen molar-refractivity contribution in [1.82, 2.24) is 4.90 Å². The molecule has 5 heteroatoms. The molecule has 5 nitrogen and oxygen atoms in total. The highest BCUT2D eigenvalue weighted by Gasteiger charge is 2.37. The van der Waals surface area contributed by atoms with Crippen LogP contribution in [0, 0.1) is 0 Å². The summed E-state index contributed by atoms with van der Waals surface area (Å²) in [5, 5.41) is 10.1. The average molecular weight is 320 g/mol. The van der Waals surface area contributed by atoms with Crippen LogP contribution >= 0.6 is 0 Å². The molecule has 23 heavy (non-hydrogen) atoms. The lowest BCUT2D eigenvalue weighted by molar-refractivity contribution is -0.138. The number of likely N-dealkylation sites (N-methyl/N-ethyl adjacent to an activating group) is 1. The Morgan fingerprint density at radius 3 is 2.61 bits per heavy atom. The number of carbonyl (C=O) groups excluding carboxylic acids is 1. The molecule has 1 unspecified atom stereocenters. The summed E-state index contributed by atoms with van der Waals surface area (Å²) in [4.78, 5) is 14.0. The van der Waals surface area contributed by atoms with Crippen molar-refractivity contribution in [3.8, 4) is 0 Å². The zero-order chi connectivity index (χ0) is 16.7. The molecule has 1 aliphatic rings. The van der Waals surface area contributed by atoms with E-state index in [0.717, 1.165) is 37.7 Å². The van der Waals surface area contributed by atoms with E-state index in [-0.39, 0.29) is 19.1 Å². The lowest BCUT2D eigenvalue weighted by Crippen LogP contribution is -2.56. The Labute approximate surface area is 138 Å². The fourth-order valence-electron chi connectivity index (χ4n) is 3.12. The van der Waals surface area contributed by atoms with Crippen LogP contribution in [0.2, 0.25) is 0 Å². The first-order chi connectivity index (χ1) is 11.0. The normalized spacial score (nSPS) is 18.4. The van der Waals surface area contributed by atoms with Crippen LogP contribution in [-0.4, -0.2) is 47.8 Å². The van der Waals surface area contributed by atoms with Crippen LogP contribution in [0.5, 0.6) is 0 Å². The molecule has 0 bridgehead atoms. The Morgan fingerprint density at radius 2 is 1.96 bits per heavy atom. The lowest BCUT2D eigenvalue weighted by Gasteiger charge is -2.36. The van der Waals surface area contributed by atoms with Gasteiger partial charge in [0.05, 0.1) is 24.9 Å². The van der Waals surface area contributed by atoms with Crippen LogP contribution in [0.1, 0.15) is 37.7 Å². The summed E-state index contributed by atoms with van der Waals surface area (Å²) >= 11 is 0. The van der Waals surface area contributed by atoms with Gasteiger partial charge in [0.25, 0.3) is 0 Å². The highest BCUT2D eigenvalue weighted by molar-refractivity contribution is 5.86. The second-order valence-corrected chi connectivity index (χ2v) is 6.56. The van der Waals surface area contributed by atoms with Gasteiger partial charge in [-0.25, -0.2) is 0 Å². The number of rotatable bonds is 7. The summed E-state index contributed by atoms with van der Waals surface area (Å²) in [6.07, 6.45) is 3.90. The Hall–Kier alpha value is -1.43. The molecular formula is C18H28N2O3. The van der Waals surface area contributed by atoms with Gasteiger partial charge in [0, 0.05) is 13.6 Å². The molecule has 1 amide bonds. The lowest BCUT2D eigenvalue weighted by atomic mass is 9.81. The summed E-state index contributed by atoms with van der Waals surface area (Å²) in [6.45, 7) is 0.896. The molecule has 1 aromatic rings. The van der Waals surface area contributed by atoms with E-state index >= 15 is 0 Å². The minimum Gasteiger partial charge on any atom is -0.389 e. The SMILES string of the molecule is CN(CC(O)COCc1ccccc1)C(=O)C1(N)CCCCC1. The van der Waals surface area contributed by atoms with E-state index in [1.807, 2.05) is 30.3 Å². The quantitative estimate of drug-likeness (QED) is 0.801. The Kier molecular flexibility index (Phi) is 6.57. The molecule has 0 radical (unpaired) electrons. The van der Waals surface area contributed by atoms with E-state index in [1.54, 1.807) is 11.9 Å². The van der Waals surface area contributed by atoms with Gasteiger partial charge in [0.2, 0.25) is 5.91 Å². The number of hydrogen-bond acceptors (Lipinski definition) is 4. The van der Waals surface area contributed by atoms with Crippen LogP contribution in [0.3, 0.4) is 0 Å². The van der Waals surface area contributed by atoms with Crippen molar-refractivity contribution in [1.29, 1.82) is 0 Å². The van der Waals surface area contributed by atoms with Crippen LogP contribution in [0.25, 0.3) is 0 Å². The molecule has 1 aromatic carbocycles. The molecule has 0 saturated heterocycles. The summed E-state index contributed by atoms with van der Waals surface area (Å²) in [6, 6.07) is 9.80. The summed E-state index contributed by atoms with van der Waals surface area (Å²) in [5.41, 5.74) is 6.56. The number of nitrogens with two attached hydrogens (primary N) is 1. The molecule has 1 saturated carbocycles. The molecule has 0 aliphatic heterocycles. The van der Waals surface area contributed by atoms with Gasteiger partial charge in [0.1, 0.15) is 0 Å². The van der Waals surface area contributed by atoms with Gasteiger partial charge in [-0.15, -0.1) is 0 Å². The van der Waals surface area contributed by atoms with Gasteiger partial charge in [-0.1, -0.05) is 49.6 Å². The van der Waals surface area contributed by atoms with Crippen molar-refractivity contribution < 1.29 is 14.6 Å². The average Bonchev–Trinajstić information content (AvgIpc) is 2.55. The number of carbonyl (C=O) groups is 1. The van der Waals surface area contributed by atoms with E-state index in [9.17, 15) is 9.90 Å². The fraction of sp³-hybridized carbons (Fsp3) is 0.611. The number of amides is 1. The van der Waals surface area contributed by atoms with E-state index < -0.39 is 11.6 Å². The number of nitrogens with zero attached hydrogens (tertiary/aromatic N) is 1. The van der Waals surface area contributed by atoms with Gasteiger partial charge >= 0.3 is 0 Å². The molecule has 128 valence electrons. The van der Waals surface area contributed by atoms with Gasteiger partial charge in [-0.05, 0) is 18.4 Å². The monoisotopic (exact) mass is 320 g/mol. The third-order valence-corrected chi connectivity index (χ3v) is 4.42. The van der Waals surface area contributed by atoms with Crippen LogP contribution in [0.15, 0.2) is 30.3 Å². The molecule has 1 fully saturated rings. The zero-order valence-electron chi connectivity index (χ0n) is 13.9. The third-order valence-electron chi connectivity index (χ3n) is 4.42. The largest absolute Gasteiger partial charge is 0.389 e. The molecule has 1 aliphatic carbocycles. The predicted octanol–water partition coefficient (Wildman–Crippen LogP) is 1.68. The number of ether oxygens (including phenoxy) is 1. The van der Waals surface area contributed by atoms with Gasteiger partial charge in [-0.2, -0.15) is 0 Å². The van der Waals surface area contributed by atoms with Crippen LogP contribution in [0.4, 0.5) is 0 Å². The van der Waals surface area contributed by atoms with Crippen molar-refractivity contribution in [3.05, 3.63) is 35.9 Å². The van der Waals surface area contributed by atoms with E-state index in [2.05, 4.69) is 0 Å². The fourth-order valence-corrected chi connectivity index (χ4v) is 3.12. The topological polar surface area (TPSA) is 75.8 Å². The standard InChI is InChI=1S/C18H28N2O3/c1-20(17(22)18(19)10-6-3-7-11-18)12-16(21)14-23-13-15-8-4-2-5-9-15/h2,4-5,8-9,16,21H,3,6-7,10-14,19H2,1H3. The second kappa shape index (κ2) is 8.43. The van der Waals surface area contributed by atoms with E-state index in [0.29, 0.717) is 6.61 Å². The Balaban J connectivity index is 1.73. The number of hydrogen-bond donors (Lipinski definition) is 2. The highest BCUT2D eigenvalue weighted by Crippen LogP contribution is 2.27. The van der Waals surface area contributed by atoms with Crippen molar-refractivity contribution in [2.75, 3.05) is 20.2 Å². The summed E-state index contributed by atoms with van der Waals surface area (Å²) < 4.78 is 5.51. The Bertz CT molecular complexity index is 486. The minimum atomic E-state index is -0.752. The molecular weight excluding hydrogens is 292 g/mol. The molecule has 0 spiro atoms. The van der Waals surface area contributed by atoms with Gasteiger partial charge in [0.15, 0.2) is 0 Å². The smallest absolute Gasteiger partial charge is 0.242 e. The molecule has 0 heterocycles. The first-order valence-corrected chi connectivity index (χ1v) is 8.35. The number of aliphatic hydroxyl groups is 1. The van der Waals surface area contributed by atoms with Gasteiger partial charge in [-0.3, -0.25) is 4.79 Å². The first kappa shape index (κ1) is 17.9. The Morgan fingerprint density at radius 1 is 1.30 bits per heavy atom. The van der Waals surface area contributed by atoms with E-state index in [4.69, 9.17) is 10.5 Å². The minimum absolute atomic E-state index is 0.0701. The maximum Gasteiger partial charge on any atom is 0.242 e. The molecule has 3 N–H and O–H groups in total. The van der Waals surface area contributed by atoms with Crippen molar-refractivity contribution in [2.24, 2.45) is 5.73 Å². The van der Waals surface area contributed by atoms with Crippen molar-refractivity contribution in [3.63, 3.8) is 0 Å². The first-order valence-electron chi connectivity index (χ1n) is 8.35. The maximum atomic E-state index is 12.5. The molecule has 2 rings (SSSR count). The van der Waals surface area contributed by atoms with Crippen LogP contribution < -0.4 is 5.73 Å². The second-order valence-electron chi connectivity index (χ2n) is 6.56. The highest BCUT2D eigenvalue weighted by atomic mass is 16.5. The zero-order valence-corrected chi connectivity index (χ0v) is 13.9. The summed E-state index contributed by atoms with van der Waals surface area (Å²) in [5.74, 6) is -0.0701. The molecule has 1 atom stereocenters. The molecule has 0 aromatic heterocycles. The van der Waals surface area contributed by atoms with Gasteiger partial charge < -0.3 is 20.5 Å². The maximum absolute atomic E-state index is 12.5. The van der Waals surface area contributed by atoms with Crippen molar-refractivity contribution >= 4 is 5.91 Å². The van der Waals surface area contributed by atoms with Crippen LogP contribution in [-0.2, 0) is 16.1 Å².